The molecule has 0 aliphatic carbocycles. The fourth-order valence-electron chi connectivity index (χ4n) is 2.84. The summed E-state index contributed by atoms with van der Waals surface area (Å²) in [6, 6.07) is 10.2. The Morgan fingerprint density at radius 1 is 1.30 bits per heavy atom. The Balaban J connectivity index is 1.76. The van der Waals surface area contributed by atoms with Gasteiger partial charge in [0.25, 0.3) is 0 Å². The highest BCUT2D eigenvalue weighted by Crippen LogP contribution is 2.26. The van der Waals surface area contributed by atoms with Crippen LogP contribution in [-0.4, -0.2) is 28.1 Å². The van der Waals surface area contributed by atoms with Crippen LogP contribution in [0.25, 0.3) is 11.4 Å². The van der Waals surface area contributed by atoms with E-state index in [9.17, 15) is 0 Å². The molecule has 1 fully saturated rings. The third-order valence-corrected chi connectivity index (χ3v) is 4.07. The lowest BCUT2D eigenvalue weighted by Gasteiger charge is -2.33. The molecule has 2 heterocycles. The van der Waals surface area contributed by atoms with Gasteiger partial charge in [-0.25, -0.2) is 0 Å². The summed E-state index contributed by atoms with van der Waals surface area (Å²) in [5.41, 5.74) is 1.00. The molecule has 0 spiro atoms. The van der Waals surface area contributed by atoms with Crippen LogP contribution < -0.4 is 0 Å². The second kappa shape index (κ2) is 5.75. The molecular formula is C16H21N3O. The Kier molecular flexibility index (Phi) is 3.83. The number of hydrogen-bond acceptors (Lipinski definition) is 4. The maximum atomic E-state index is 5.47. The van der Waals surface area contributed by atoms with Gasteiger partial charge in [-0.3, -0.25) is 4.90 Å². The van der Waals surface area contributed by atoms with Gasteiger partial charge < -0.3 is 4.52 Å². The molecule has 20 heavy (non-hydrogen) atoms. The van der Waals surface area contributed by atoms with Gasteiger partial charge in [0, 0.05) is 12.1 Å². The van der Waals surface area contributed by atoms with Gasteiger partial charge >= 0.3 is 0 Å². The average molecular weight is 271 g/mol. The molecule has 4 heteroatoms. The topological polar surface area (TPSA) is 42.2 Å². The minimum atomic E-state index is 0.197. The zero-order valence-electron chi connectivity index (χ0n) is 12.1. The van der Waals surface area contributed by atoms with Crippen LogP contribution in [0.2, 0.25) is 0 Å². The fraction of sp³-hybridized carbons (Fsp3) is 0.500. The van der Waals surface area contributed by atoms with Gasteiger partial charge in [-0.2, -0.15) is 4.98 Å². The summed E-state index contributed by atoms with van der Waals surface area (Å²) < 4.78 is 5.47. The Morgan fingerprint density at radius 2 is 2.10 bits per heavy atom. The van der Waals surface area contributed by atoms with Crippen molar-refractivity contribution in [3.8, 4) is 11.4 Å². The van der Waals surface area contributed by atoms with Crippen LogP contribution in [0.4, 0.5) is 0 Å². The van der Waals surface area contributed by atoms with Crippen LogP contribution in [0, 0.1) is 5.92 Å². The van der Waals surface area contributed by atoms with Crippen molar-refractivity contribution in [2.45, 2.75) is 32.7 Å². The quantitative estimate of drug-likeness (QED) is 0.856. The summed E-state index contributed by atoms with van der Waals surface area (Å²) in [6.07, 6.45) is 2.58. The molecule has 1 saturated heterocycles. The van der Waals surface area contributed by atoms with Crippen LogP contribution in [0.1, 0.15) is 38.6 Å². The van der Waals surface area contributed by atoms with Gasteiger partial charge in [0.05, 0.1) is 6.04 Å². The third kappa shape index (κ3) is 2.75. The Labute approximate surface area is 119 Å². The van der Waals surface area contributed by atoms with Crippen molar-refractivity contribution >= 4 is 0 Å². The van der Waals surface area contributed by atoms with E-state index in [0.29, 0.717) is 5.82 Å². The summed E-state index contributed by atoms with van der Waals surface area (Å²) in [5, 5.41) is 4.11. The maximum absolute atomic E-state index is 5.47. The van der Waals surface area contributed by atoms with Crippen LogP contribution >= 0.6 is 0 Å². The van der Waals surface area contributed by atoms with Gasteiger partial charge in [-0.1, -0.05) is 42.4 Å². The molecule has 106 valence electrons. The van der Waals surface area contributed by atoms with E-state index in [-0.39, 0.29) is 6.04 Å². The van der Waals surface area contributed by atoms with E-state index in [2.05, 4.69) is 28.9 Å². The highest BCUT2D eigenvalue weighted by Gasteiger charge is 2.25. The van der Waals surface area contributed by atoms with Crippen molar-refractivity contribution in [2.24, 2.45) is 5.92 Å². The molecule has 3 rings (SSSR count). The molecule has 1 aliphatic rings. The second-order valence-electron chi connectivity index (χ2n) is 5.74. The van der Waals surface area contributed by atoms with Crippen molar-refractivity contribution in [1.29, 1.82) is 0 Å². The molecule has 0 bridgehead atoms. The molecule has 1 aromatic carbocycles. The SMILES string of the molecule is CC1CCCN(C(C)c2nc(-c3ccccc3)no2)C1. The second-order valence-corrected chi connectivity index (χ2v) is 5.74. The number of aromatic nitrogens is 2. The minimum absolute atomic E-state index is 0.197. The summed E-state index contributed by atoms with van der Waals surface area (Å²) >= 11 is 0. The number of likely N-dealkylation sites (tertiary alicyclic amines) is 1. The molecule has 2 aromatic rings. The molecule has 2 atom stereocenters. The largest absolute Gasteiger partial charge is 0.337 e. The number of benzene rings is 1. The smallest absolute Gasteiger partial charge is 0.244 e. The first-order valence-corrected chi connectivity index (χ1v) is 7.37. The summed E-state index contributed by atoms with van der Waals surface area (Å²) in [5.74, 6) is 2.15. The molecule has 4 nitrogen and oxygen atoms in total. The number of hydrogen-bond donors (Lipinski definition) is 0. The van der Waals surface area contributed by atoms with E-state index >= 15 is 0 Å². The molecule has 0 amide bonds. The van der Waals surface area contributed by atoms with Crippen molar-refractivity contribution in [2.75, 3.05) is 13.1 Å². The highest BCUT2D eigenvalue weighted by molar-refractivity contribution is 5.53. The lowest BCUT2D eigenvalue weighted by Crippen LogP contribution is -2.36. The third-order valence-electron chi connectivity index (χ3n) is 4.07. The van der Waals surface area contributed by atoms with Crippen LogP contribution in [0.3, 0.4) is 0 Å². The molecule has 1 aromatic heterocycles. The zero-order chi connectivity index (χ0) is 13.9. The molecular weight excluding hydrogens is 250 g/mol. The Hall–Kier alpha value is -1.68. The Bertz CT molecular complexity index is 552. The van der Waals surface area contributed by atoms with Crippen molar-refractivity contribution in [3.63, 3.8) is 0 Å². The molecule has 0 radical (unpaired) electrons. The van der Waals surface area contributed by atoms with Gasteiger partial charge in [-0.15, -0.1) is 0 Å². The van der Waals surface area contributed by atoms with E-state index in [1.54, 1.807) is 0 Å². The highest BCUT2D eigenvalue weighted by atomic mass is 16.5. The van der Waals surface area contributed by atoms with Crippen molar-refractivity contribution < 1.29 is 4.52 Å². The summed E-state index contributed by atoms with van der Waals surface area (Å²) in [7, 11) is 0. The molecule has 2 unspecified atom stereocenters. The van der Waals surface area contributed by atoms with Gasteiger partial charge in [0.2, 0.25) is 11.7 Å². The van der Waals surface area contributed by atoms with E-state index < -0.39 is 0 Å². The minimum Gasteiger partial charge on any atom is -0.337 e. The molecule has 1 aliphatic heterocycles. The van der Waals surface area contributed by atoms with E-state index in [0.717, 1.165) is 30.5 Å². The maximum Gasteiger partial charge on any atom is 0.244 e. The zero-order valence-corrected chi connectivity index (χ0v) is 12.1. The predicted octanol–water partition coefficient (Wildman–Crippen LogP) is 3.53. The van der Waals surface area contributed by atoms with E-state index in [1.165, 1.54) is 12.8 Å². The normalized spacial score (nSPS) is 21.8. The van der Waals surface area contributed by atoms with Gasteiger partial charge in [0.1, 0.15) is 0 Å². The summed E-state index contributed by atoms with van der Waals surface area (Å²) in [6.45, 7) is 6.70. The first-order valence-electron chi connectivity index (χ1n) is 7.37. The lowest BCUT2D eigenvalue weighted by atomic mass is 9.99. The number of nitrogens with zero attached hydrogens (tertiary/aromatic N) is 3. The monoisotopic (exact) mass is 271 g/mol. The van der Waals surface area contributed by atoms with Crippen molar-refractivity contribution in [3.05, 3.63) is 36.2 Å². The van der Waals surface area contributed by atoms with Gasteiger partial charge in [0.15, 0.2) is 0 Å². The first-order chi connectivity index (χ1) is 9.74. The van der Waals surface area contributed by atoms with E-state index in [4.69, 9.17) is 4.52 Å². The summed E-state index contributed by atoms with van der Waals surface area (Å²) in [4.78, 5) is 7.00. The number of rotatable bonds is 3. The molecule has 0 saturated carbocycles. The van der Waals surface area contributed by atoms with E-state index in [1.807, 2.05) is 30.3 Å². The standard InChI is InChI=1S/C16H21N3O/c1-12-7-6-10-19(11-12)13(2)16-17-15(18-20-16)14-8-4-3-5-9-14/h3-5,8-9,12-13H,6-7,10-11H2,1-2H3. The lowest BCUT2D eigenvalue weighted by molar-refractivity contribution is 0.117. The van der Waals surface area contributed by atoms with Crippen LogP contribution in [0.5, 0.6) is 0 Å². The van der Waals surface area contributed by atoms with Crippen molar-refractivity contribution in [1.82, 2.24) is 15.0 Å². The predicted molar refractivity (Wildman–Crippen MR) is 78.1 cm³/mol. The first kappa shape index (κ1) is 13.3. The fourth-order valence-corrected chi connectivity index (χ4v) is 2.84. The van der Waals surface area contributed by atoms with Crippen LogP contribution in [0.15, 0.2) is 34.9 Å². The number of piperidine rings is 1. The Morgan fingerprint density at radius 3 is 2.85 bits per heavy atom. The average Bonchev–Trinajstić information content (AvgIpc) is 2.97. The van der Waals surface area contributed by atoms with Gasteiger partial charge in [-0.05, 0) is 32.2 Å². The molecule has 0 N–H and O–H groups in total. The van der Waals surface area contributed by atoms with Crippen LogP contribution in [-0.2, 0) is 0 Å².